The maximum Gasteiger partial charge on any atom is 0.264 e. The highest BCUT2D eigenvalue weighted by Gasteiger charge is 2.71. The van der Waals surface area contributed by atoms with Gasteiger partial charge < -0.3 is 0 Å². The summed E-state index contributed by atoms with van der Waals surface area (Å²) in [4.78, 5) is 1.27. The van der Waals surface area contributed by atoms with Crippen molar-refractivity contribution in [3.63, 3.8) is 0 Å². The molecule has 1 aliphatic carbocycles. The van der Waals surface area contributed by atoms with Gasteiger partial charge in [0.15, 0.2) is 0 Å². The summed E-state index contributed by atoms with van der Waals surface area (Å²) >= 11 is 0. The van der Waals surface area contributed by atoms with E-state index in [0.717, 1.165) is 27.7 Å². The fourth-order valence-corrected chi connectivity index (χ4v) is 7.97. The molecule has 3 atom stereocenters. The Bertz CT molecular complexity index is 1850. The number of fused-ring (bicyclic) bond motifs is 2. The summed E-state index contributed by atoms with van der Waals surface area (Å²) in [5.74, 6) is 0.0431. The maximum absolute atomic E-state index is 13.5. The molecule has 1 saturated carbocycles. The molecule has 198 valence electrons. The van der Waals surface area contributed by atoms with Crippen LogP contribution < -0.4 is 0 Å². The molecule has 5 aromatic rings. The number of halogens is 1. The molecule has 10 heteroatoms. The number of hydrogen-bond acceptors (Lipinski definition) is 5. The van der Waals surface area contributed by atoms with Crippen LogP contribution >= 0.6 is 0 Å². The van der Waals surface area contributed by atoms with Gasteiger partial charge in [0.25, 0.3) is 10.0 Å². The van der Waals surface area contributed by atoms with Gasteiger partial charge in [-0.3, -0.25) is 0 Å². The first-order valence-electron chi connectivity index (χ1n) is 12.9. The Morgan fingerprint density at radius 3 is 2.41 bits per heavy atom. The first-order valence-corrected chi connectivity index (χ1v) is 14.3. The zero-order chi connectivity index (χ0) is 27.1. The van der Waals surface area contributed by atoms with Gasteiger partial charge in [0, 0.05) is 36.9 Å². The lowest BCUT2D eigenvalue weighted by Gasteiger charge is -2.24. The Morgan fingerprint density at radius 1 is 0.974 bits per heavy atom. The Hall–Kier alpha value is -3.89. The second-order valence-corrected chi connectivity index (χ2v) is 12.6. The highest BCUT2D eigenvalue weighted by atomic mass is 32.2. The molecular formula is C29H27FN6O2S. The number of benzene rings is 3. The molecule has 0 unspecified atom stereocenters. The van der Waals surface area contributed by atoms with Crippen LogP contribution in [0.5, 0.6) is 0 Å². The van der Waals surface area contributed by atoms with E-state index in [9.17, 15) is 12.8 Å². The summed E-state index contributed by atoms with van der Waals surface area (Å²) in [6.45, 7) is 4.93. The number of aromatic nitrogens is 5. The Balaban J connectivity index is 1.33. The quantitative estimate of drug-likeness (QED) is 0.331. The highest BCUT2D eigenvalue weighted by Crippen LogP contribution is 2.70. The minimum atomic E-state index is -3.78. The number of aryl methyl sites for hydroxylation is 3. The lowest BCUT2D eigenvalue weighted by molar-refractivity contribution is 0.418. The fourth-order valence-electron chi connectivity index (χ4n) is 6.56. The lowest BCUT2D eigenvalue weighted by Crippen LogP contribution is -2.35. The summed E-state index contributed by atoms with van der Waals surface area (Å²) in [7, 11) is -2.17. The van der Waals surface area contributed by atoms with Crippen LogP contribution in [0.2, 0.25) is 0 Å². The van der Waals surface area contributed by atoms with Gasteiger partial charge in [0.1, 0.15) is 5.82 Å². The normalized spacial score (nSPS) is 22.9. The summed E-state index contributed by atoms with van der Waals surface area (Å²) in [5, 5.41) is 13.6. The largest absolute Gasteiger partial charge is 0.264 e. The molecule has 1 aliphatic heterocycles. The summed E-state index contributed by atoms with van der Waals surface area (Å²) in [6.07, 6.45) is 3.13. The Kier molecular flexibility index (Phi) is 5.15. The molecule has 2 aliphatic rings. The number of sulfonamides is 1. The van der Waals surface area contributed by atoms with Gasteiger partial charge >= 0.3 is 0 Å². The maximum atomic E-state index is 13.5. The molecule has 0 N–H and O–H groups in total. The van der Waals surface area contributed by atoms with Crippen molar-refractivity contribution in [1.82, 2.24) is 29.1 Å². The van der Waals surface area contributed by atoms with Crippen LogP contribution in [0.25, 0.3) is 16.6 Å². The molecule has 3 aromatic carbocycles. The number of rotatable bonds is 5. The standard InChI is InChI=1S/C29H27FN6O2S/c1-18-4-6-20(7-5-18)28-25-16-35(39(37,38)27-15-31-34(3)33-27)17-29(25,28)24-13-21-14-32-36(26(21)12-19(24)2)23-10-8-22(30)9-11-23/h4-15,25,28H,16-17H2,1-3H3/t25-,28-,29+/m1/s1. The molecule has 39 heavy (non-hydrogen) atoms. The van der Waals surface area contributed by atoms with Crippen molar-refractivity contribution in [2.24, 2.45) is 13.0 Å². The Labute approximate surface area is 225 Å². The summed E-state index contributed by atoms with van der Waals surface area (Å²) < 4.78 is 43.9. The van der Waals surface area contributed by atoms with Crippen molar-refractivity contribution < 1.29 is 12.8 Å². The third-order valence-electron chi connectivity index (χ3n) is 8.45. The molecule has 3 heterocycles. The molecule has 0 spiro atoms. The van der Waals surface area contributed by atoms with E-state index in [0.29, 0.717) is 13.1 Å². The average molecular weight is 543 g/mol. The van der Waals surface area contributed by atoms with E-state index in [1.54, 1.807) is 23.5 Å². The van der Waals surface area contributed by atoms with Crippen LogP contribution in [-0.2, 0) is 22.5 Å². The van der Waals surface area contributed by atoms with Gasteiger partial charge in [-0.15, -0.1) is 5.10 Å². The summed E-state index contributed by atoms with van der Waals surface area (Å²) in [6, 6.07) is 19.1. The van der Waals surface area contributed by atoms with Gasteiger partial charge in [-0.2, -0.15) is 19.3 Å². The molecule has 2 fully saturated rings. The zero-order valence-corrected chi connectivity index (χ0v) is 22.6. The molecule has 8 nitrogen and oxygen atoms in total. The first kappa shape index (κ1) is 24.2. The molecule has 2 aromatic heterocycles. The predicted molar refractivity (Wildman–Crippen MR) is 145 cm³/mol. The van der Waals surface area contributed by atoms with Crippen LogP contribution in [0.1, 0.15) is 28.2 Å². The topological polar surface area (TPSA) is 85.9 Å². The van der Waals surface area contributed by atoms with Crippen molar-refractivity contribution in [2.45, 2.75) is 30.2 Å². The van der Waals surface area contributed by atoms with E-state index < -0.39 is 10.0 Å². The van der Waals surface area contributed by atoms with Crippen molar-refractivity contribution in [3.05, 3.63) is 101 Å². The first-order chi connectivity index (χ1) is 18.7. The SMILES string of the molecule is Cc1ccc([C@@H]2[C@H]3CN(S(=O)(=O)c4cnn(C)n4)C[C@]32c2cc3cnn(-c4ccc(F)cc4)c3cc2C)cc1. The minimum Gasteiger partial charge on any atom is -0.233 e. The highest BCUT2D eigenvalue weighted by molar-refractivity contribution is 7.89. The van der Waals surface area contributed by atoms with Crippen LogP contribution in [0.4, 0.5) is 4.39 Å². The molecule has 1 saturated heterocycles. The third-order valence-corrected chi connectivity index (χ3v) is 10.1. The van der Waals surface area contributed by atoms with E-state index >= 15 is 0 Å². The van der Waals surface area contributed by atoms with Gasteiger partial charge in [-0.25, -0.2) is 17.5 Å². The van der Waals surface area contributed by atoms with Crippen LogP contribution in [0.3, 0.4) is 0 Å². The second kappa shape index (κ2) is 8.30. The number of piperidine rings is 1. The smallest absolute Gasteiger partial charge is 0.233 e. The summed E-state index contributed by atoms with van der Waals surface area (Å²) in [5.41, 5.74) is 5.97. The van der Waals surface area contributed by atoms with Gasteiger partial charge in [0.2, 0.25) is 5.03 Å². The van der Waals surface area contributed by atoms with E-state index in [-0.39, 0.29) is 28.1 Å². The Morgan fingerprint density at radius 2 is 1.72 bits per heavy atom. The molecule has 0 bridgehead atoms. The minimum absolute atomic E-state index is 0.0268. The van der Waals surface area contributed by atoms with Gasteiger partial charge in [-0.1, -0.05) is 29.8 Å². The second-order valence-electron chi connectivity index (χ2n) is 10.8. The monoisotopic (exact) mass is 542 g/mol. The zero-order valence-electron chi connectivity index (χ0n) is 21.8. The van der Waals surface area contributed by atoms with E-state index in [1.165, 1.54) is 34.3 Å². The molecule has 0 amide bonds. The van der Waals surface area contributed by atoms with Crippen molar-refractivity contribution in [3.8, 4) is 5.69 Å². The van der Waals surface area contributed by atoms with Crippen LogP contribution in [0, 0.1) is 25.6 Å². The third kappa shape index (κ3) is 3.58. The fraction of sp³-hybridized carbons (Fsp3) is 0.276. The predicted octanol–water partition coefficient (Wildman–Crippen LogP) is 4.27. The van der Waals surface area contributed by atoms with E-state index in [1.807, 2.05) is 10.9 Å². The van der Waals surface area contributed by atoms with Crippen molar-refractivity contribution >= 4 is 20.9 Å². The average Bonchev–Trinajstić information content (AvgIpc) is 3.35. The molecular weight excluding hydrogens is 515 g/mol. The number of hydrogen-bond donors (Lipinski definition) is 0. The lowest BCUT2D eigenvalue weighted by atomic mass is 9.86. The van der Waals surface area contributed by atoms with E-state index in [4.69, 9.17) is 0 Å². The van der Waals surface area contributed by atoms with Crippen molar-refractivity contribution in [2.75, 3.05) is 13.1 Å². The molecule has 7 rings (SSSR count). The molecule has 0 radical (unpaired) electrons. The van der Waals surface area contributed by atoms with Gasteiger partial charge in [0.05, 0.1) is 23.6 Å². The van der Waals surface area contributed by atoms with E-state index in [2.05, 4.69) is 65.5 Å². The number of nitrogens with zero attached hydrogens (tertiary/aromatic N) is 6. The van der Waals surface area contributed by atoms with Crippen LogP contribution in [0.15, 0.2) is 78.1 Å². The van der Waals surface area contributed by atoms with Gasteiger partial charge in [-0.05, 0) is 72.9 Å². The van der Waals surface area contributed by atoms with Crippen molar-refractivity contribution in [1.29, 1.82) is 0 Å². The van der Waals surface area contributed by atoms with Crippen LogP contribution in [-0.4, -0.2) is 50.6 Å².